The summed E-state index contributed by atoms with van der Waals surface area (Å²) in [6.45, 7) is 3.87. The number of nitrogens with one attached hydrogen (secondary N) is 1. The van der Waals surface area contributed by atoms with E-state index in [1.54, 1.807) is 0 Å². The van der Waals surface area contributed by atoms with Gasteiger partial charge in [-0.2, -0.15) is 0 Å². The zero-order valence-electron chi connectivity index (χ0n) is 22.6. The molecule has 0 aliphatic carbocycles. The van der Waals surface area contributed by atoms with Gasteiger partial charge in [0.1, 0.15) is 17.7 Å². The lowest BCUT2D eigenvalue weighted by atomic mass is 9.98. The second kappa shape index (κ2) is 10.3. The van der Waals surface area contributed by atoms with Crippen molar-refractivity contribution in [3.05, 3.63) is 118 Å². The lowest BCUT2D eigenvalue weighted by Crippen LogP contribution is -2.23. The predicted octanol–water partition coefficient (Wildman–Crippen LogP) is 6.57. The number of hydrogen-bond acceptors (Lipinski definition) is 5. The first-order chi connectivity index (χ1) is 19.4. The van der Waals surface area contributed by atoms with Crippen molar-refractivity contribution in [1.82, 2.24) is 19.5 Å². The minimum Gasteiger partial charge on any atom is -0.438 e. The standard InChI is InChI=1S/C33H28N4O3/c1-4-21-12-15-27-25(16-21)31(39)29(20(2)37(27)3)28(38)17-22-10-13-24(14-11-22)40-33-30-26(23-8-6-5-7-9-23)18-34-32(30)35-19-36-33/h5-16,18-19H,4,17H2,1-3H3,(H,34,35,36). The second-order valence-electron chi connectivity index (χ2n) is 9.87. The van der Waals surface area contributed by atoms with Crippen LogP contribution in [0.25, 0.3) is 33.1 Å². The maximum absolute atomic E-state index is 13.4. The minimum absolute atomic E-state index is 0.114. The Morgan fingerprint density at radius 1 is 0.975 bits per heavy atom. The molecule has 3 aromatic heterocycles. The Kier molecular flexibility index (Phi) is 6.48. The average Bonchev–Trinajstić information content (AvgIpc) is 3.43. The van der Waals surface area contributed by atoms with Gasteiger partial charge in [0.25, 0.3) is 0 Å². The van der Waals surface area contributed by atoms with Gasteiger partial charge in [-0.25, -0.2) is 9.97 Å². The SMILES string of the molecule is CCc1ccc2c(c1)c(=O)c(C(=O)Cc1ccc(Oc3ncnc4[nH]cc(-c5ccccc5)c34)cc1)c(C)n2C. The first kappa shape index (κ1) is 25.2. The van der Waals surface area contributed by atoms with Gasteiger partial charge in [-0.1, -0.05) is 55.5 Å². The van der Waals surface area contributed by atoms with Crippen LogP contribution in [0.5, 0.6) is 11.6 Å². The highest BCUT2D eigenvalue weighted by Gasteiger charge is 2.20. The summed E-state index contributed by atoms with van der Waals surface area (Å²) in [7, 11) is 1.89. The van der Waals surface area contributed by atoms with E-state index in [2.05, 4.69) is 15.0 Å². The number of Topliss-reactive ketones (excluding diaryl/α,β-unsaturated/α-hetero) is 1. The fourth-order valence-electron chi connectivity index (χ4n) is 5.17. The van der Waals surface area contributed by atoms with E-state index in [0.29, 0.717) is 28.4 Å². The number of aromatic nitrogens is 4. The Labute approximate surface area is 231 Å². The summed E-state index contributed by atoms with van der Waals surface area (Å²) in [5.41, 5.74) is 6.06. The van der Waals surface area contributed by atoms with Crippen LogP contribution in [0.15, 0.2) is 90.1 Å². The molecule has 198 valence electrons. The van der Waals surface area contributed by atoms with Crippen LogP contribution in [0.4, 0.5) is 0 Å². The number of nitrogens with zero attached hydrogens (tertiary/aromatic N) is 3. The van der Waals surface area contributed by atoms with Crippen molar-refractivity contribution in [2.24, 2.45) is 7.05 Å². The molecule has 40 heavy (non-hydrogen) atoms. The molecule has 0 unspecified atom stereocenters. The molecular formula is C33H28N4O3. The molecule has 0 bridgehead atoms. The largest absolute Gasteiger partial charge is 0.438 e. The fraction of sp³-hybridized carbons (Fsp3) is 0.152. The van der Waals surface area contributed by atoms with Crippen LogP contribution in [-0.2, 0) is 19.9 Å². The number of aromatic amines is 1. The van der Waals surface area contributed by atoms with E-state index in [0.717, 1.165) is 39.6 Å². The van der Waals surface area contributed by atoms with Crippen LogP contribution in [0.2, 0.25) is 0 Å². The van der Waals surface area contributed by atoms with E-state index < -0.39 is 0 Å². The van der Waals surface area contributed by atoms with Crippen LogP contribution in [0.1, 0.15) is 34.1 Å². The number of ether oxygens (including phenoxy) is 1. The van der Waals surface area contributed by atoms with Gasteiger partial charge in [-0.3, -0.25) is 9.59 Å². The molecule has 0 aliphatic rings. The topological polar surface area (TPSA) is 89.9 Å². The van der Waals surface area contributed by atoms with Crippen LogP contribution in [0, 0.1) is 6.92 Å². The molecule has 0 saturated carbocycles. The number of hydrogen-bond donors (Lipinski definition) is 1. The molecule has 7 nitrogen and oxygen atoms in total. The third kappa shape index (κ3) is 4.45. The van der Waals surface area contributed by atoms with E-state index in [9.17, 15) is 9.59 Å². The number of fused-ring (bicyclic) bond motifs is 2. The number of benzene rings is 3. The molecule has 3 aromatic carbocycles. The highest BCUT2D eigenvalue weighted by atomic mass is 16.5. The highest BCUT2D eigenvalue weighted by Crippen LogP contribution is 2.35. The van der Waals surface area contributed by atoms with Crippen molar-refractivity contribution in [1.29, 1.82) is 0 Å². The maximum Gasteiger partial charge on any atom is 0.232 e. The average molecular weight is 529 g/mol. The van der Waals surface area contributed by atoms with Crippen LogP contribution in [-0.4, -0.2) is 25.3 Å². The number of ketones is 1. The quantitative estimate of drug-likeness (QED) is 0.237. The molecule has 0 atom stereocenters. The molecule has 0 fully saturated rings. The highest BCUT2D eigenvalue weighted by molar-refractivity contribution is 6.01. The number of aryl methyl sites for hydroxylation is 2. The fourth-order valence-corrected chi connectivity index (χ4v) is 5.17. The van der Waals surface area contributed by atoms with Crippen molar-refractivity contribution in [2.75, 3.05) is 0 Å². The Morgan fingerprint density at radius 2 is 1.73 bits per heavy atom. The maximum atomic E-state index is 13.4. The van der Waals surface area contributed by atoms with E-state index in [-0.39, 0.29) is 23.2 Å². The number of carbonyl (C=O) groups is 1. The summed E-state index contributed by atoms with van der Waals surface area (Å²) >= 11 is 0. The predicted molar refractivity (Wildman–Crippen MR) is 157 cm³/mol. The van der Waals surface area contributed by atoms with Gasteiger partial charge in [0.05, 0.1) is 16.5 Å². The molecular weight excluding hydrogens is 500 g/mol. The van der Waals surface area contributed by atoms with Crippen molar-refractivity contribution in [3.63, 3.8) is 0 Å². The molecule has 0 aliphatic heterocycles. The molecule has 1 N–H and O–H groups in total. The summed E-state index contributed by atoms with van der Waals surface area (Å²) in [6.07, 6.45) is 4.30. The zero-order valence-corrected chi connectivity index (χ0v) is 22.6. The third-order valence-electron chi connectivity index (χ3n) is 7.47. The Hall–Kier alpha value is -5.04. The Morgan fingerprint density at radius 3 is 2.48 bits per heavy atom. The van der Waals surface area contributed by atoms with Crippen LogP contribution >= 0.6 is 0 Å². The molecule has 0 spiro atoms. The zero-order chi connectivity index (χ0) is 27.8. The number of H-pyrrole nitrogens is 1. The van der Waals surface area contributed by atoms with E-state index in [1.807, 2.05) is 104 Å². The summed E-state index contributed by atoms with van der Waals surface area (Å²) < 4.78 is 8.10. The summed E-state index contributed by atoms with van der Waals surface area (Å²) in [5, 5.41) is 1.37. The molecule has 0 saturated heterocycles. The van der Waals surface area contributed by atoms with Gasteiger partial charge in [0.15, 0.2) is 11.2 Å². The van der Waals surface area contributed by atoms with Gasteiger partial charge in [-0.15, -0.1) is 0 Å². The van der Waals surface area contributed by atoms with Crippen LogP contribution in [0.3, 0.4) is 0 Å². The van der Waals surface area contributed by atoms with Crippen LogP contribution < -0.4 is 10.2 Å². The molecule has 0 amide bonds. The van der Waals surface area contributed by atoms with E-state index in [4.69, 9.17) is 4.74 Å². The molecule has 7 heteroatoms. The van der Waals surface area contributed by atoms with Crippen molar-refractivity contribution >= 4 is 27.7 Å². The lowest BCUT2D eigenvalue weighted by Gasteiger charge is -2.14. The molecule has 6 aromatic rings. The minimum atomic E-state index is -0.209. The first-order valence-electron chi connectivity index (χ1n) is 13.2. The number of carbonyl (C=O) groups excluding carboxylic acids is 1. The molecule has 0 radical (unpaired) electrons. The first-order valence-corrected chi connectivity index (χ1v) is 13.2. The molecule has 6 rings (SSSR count). The second-order valence-corrected chi connectivity index (χ2v) is 9.87. The lowest BCUT2D eigenvalue weighted by molar-refractivity contribution is 0.0990. The summed E-state index contributed by atoms with van der Waals surface area (Å²) in [5.74, 6) is 0.824. The van der Waals surface area contributed by atoms with Gasteiger partial charge in [-0.05, 0) is 54.3 Å². The Bertz CT molecular complexity index is 1940. The number of rotatable bonds is 7. The van der Waals surface area contributed by atoms with Gasteiger partial charge < -0.3 is 14.3 Å². The van der Waals surface area contributed by atoms with Crippen molar-refractivity contribution < 1.29 is 9.53 Å². The monoisotopic (exact) mass is 528 g/mol. The van der Waals surface area contributed by atoms with Gasteiger partial charge in [0, 0.05) is 36.3 Å². The van der Waals surface area contributed by atoms with Gasteiger partial charge >= 0.3 is 0 Å². The summed E-state index contributed by atoms with van der Waals surface area (Å²) in [6, 6.07) is 23.2. The van der Waals surface area contributed by atoms with E-state index in [1.165, 1.54) is 6.33 Å². The van der Waals surface area contributed by atoms with E-state index >= 15 is 0 Å². The smallest absolute Gasteiger partial charge is 0.232 e. The number of pyridine rings is 1. The Balaban J connectivity index is 1.27. The van der Waals surface area contributed by atoms with Crippen molar-refractivity contribution in [3.8, 4) is 22.8 Å². The molecule has 3 heterocycles. The third-order valence-corrected chi connectivity index (χ3v) is 7.47. The van der Waals surface area contributed by atoms with Gasteiger partial charge in [0.2, 0.25) is 5.88 Å². The van der Waals surface area contributed by atoms with Crippen molar-refractivity contribution in [2.45, 2.75) is 26.7 Å². The summed E-state index contributed by atoms with van der Waals surface area (Å²) in [4.78, 5) is 38.7. The normalized spacial score (nSPS) is 11.3.